The zero-order valence-corrected chi connectivity index (χ0v) is 16.7. The van der Waals surface area contributed by atoms with Crippen LogP contribution in [0.15, 0.2) is 67.0 Å². The Morgan fingerprint density at radius 2 is 1.79 bits per heavy atom. The number of carbonyl (C=O) groups is 2. The molecule has 0 fully saturated rings. The van der Waals surface area contributed by atoms with Gasteiger partial charge in [-0.3, -0.25) is 9.48 Å². The van der Waals surface area contributed by atoms with E-state index >= 15 is 0 Å². The smallest absolute Gasteiger partial charge is 0.342 e. The van der Waals surface area contributed by atoms with Crippen molar-refractivity contribution in [3.8, 4) is 0 Å². The average molecular weight is 392 g/mol. The Kier molecular flexibility index (Phi) is 6.29. The van der Waals surface area contributed by atoms with E-state index in [1.165, 1.54) is 13.1 Å². The zero-order chi connectivity index (χ0) is 20.8. The third kappa shape index (κ3) is 5.44. The largest absolute Gasteiger partial charge is 0.449 e. The van der Waals surface area contributed by atoms with E-state index in [2.05, 4.69) is 10.4 Å². The summed E-state index contributed by atoms with van der Waals surface area (Å²) >= 11 is 0. The molecular formula is C22H24N4O3. The van der Waals surface area contributed by atoms with Crippen molar-refractivity contribution in [2.24, 2.45) is 0 Å². The maximum Gasteiger partial charge on any atom is 0.342 e. The van der Waals surface area contributed by atoms with Crippen molar-refractivity contribution in [2.75, 3.05) is 24.3 Å². The van der Waals surface area contributed by atoms with E-state index < -0.39 is 18.0 Å². The first-order chi connectivity index (χ1) is 13.9. The molecule has 0 spiro atoms. The summed E-state index contributed by atoms with van der Waals surface area (Å²) in [6.45, 7) is 2.09. The van der Waals surface area contributed by atoms with Gasteiger partial charge in [0.2, 0.25) is 0 Å². The SMILES string of the molecule is C[C@H](OC(=O)c1cnn(Cc2ccccc2)c1)C(=O)Nc1ccc(N(C)C)cc1. The van der Waals surface area contributed by atoms with E-state index in [0.717, 1.165) is 11.3 Å². The van der Waals surface area contributed by atoms with Crippen molar-refractivity contribution in [2.45, 2.75) is 19.6 Å². The number of benzene rings is 2. The molecule has 1 N–H and O–H groups in total. The molecule has 3 aromatic rings. The number of esters is 1. The molecule has 29 heavy (non-hydrogen) atoms. The van der Waals surface area contributed by atoms with Gasteiger partial charge in [-0.15, -0.1) is 0 Å². The number of nitrogens with zero attached hydrogens (tertiary/aromatic N) is 3. The van der Waals surface area contributed by atoms with E-state index in [9.17, 15) is 9.59 Å². The molecular weight excluding hydrogens is 368 g/mol. The van der Waals surface area contributed by atoms with Crippen LogP contribution in [0.5, 0.6) is 0 Å². The second-order valence-corrected chi connectivity index (χ2v) is 6.89. The van der Waals surface area contributed by atoms with Gasteiger partial charge < -0.3 is 15.0 Å². The lowest BCUT2D eigenvalue weighted by atomic mass is 10.2. The van der Waals surface area contributed by atoms with Gasteiger partial charge in [0, 0.05) is 31.7 Å². The van der Waals surface area contributed by atoms with Gasteiger partial charge in [0.15, 0.2) is 6.10 Å². The topological polar surface area (TPSA) is 76.5 Å². The van der Waals surface area contributed by atoms with Crippen LogP contribution in [0.25, 0.3) is 0 Å². The lowest BCUT2D eigenvalue weighted by Gasteiger charge is -2.15. The van der Waals surface area contributed by atoms with E-state index in [1.807, 2.05) is 61.5 Å². The first-order valence-electron chi connectivity index (χ1n) is 9.28. The Hall–Kier alpha value is -3.61. The summed E-state index contributed by atoms with van der Waals surface area (Å²) in [5, 5.41) is 6.93. The number of aromatic nitrogens is 2. The molecule has 0 aliphatic heterocycles. The number of ether oxygens (including phenoxy) is 1. The van der Waals surface area contributed by atoms with Gasteiger partial charge >= 0.3 is 5.97 Å². The summed E-state index contributed by atoms with van der Waals surface area (Å²) < 4.78 is 6.94. The van der Waals surface area contributed by atoms with Crippen LogP contribution in [0.3, 0.4) is 0 Å². The van der Waals surface area contributed by atoms with Crippen LogP contribution in [-0.2, 0) is 16.1 Å². The molecule has 0 aliphatic carbocycles. The fourth-order valence-corrected chi connectivity index (χ4v) is 2.69. The fourth-order valence-electron chi connectivity index (χ4n) is 2.69. The molecule has 1 amide bonds. The molecule has 0 aliphatic rings. The molecule has 7 heteroatoms. The summed E-state index contributed by atoms with van der Waals surface area (Å²) in [5.74, 6) is -0.984. The third-order valence-corrected chi connectivity index (χ3v) is 4.36. The Balaban J connectivity index is 1.55. The van der Waals surface area contributed by atoms with Crippen molar-refractivity contribution in [3.05, 3.63) is 78.1 Å². The minimum Gasteiger partial charge on any atom is -0.449 e. The normalized spacial score (nSPS) is 11.6. The minimum atomic E-state index is -0.937. The molecule has 150 valence electrons. The molecule has 2 aromatic carbocycles. The second kappa shape index (κ2) is 9.05. The summed E-state index contributed by atoms with van der Waals surface area (Å²) in [6.07, 6.45) is 2.11. The van der Waals surface area contributed by atoms with Crippen molar-refractivity contribution in [1.82, 2.24) is 9.78 Å². The minimum absolute atomic E-state index is 0.302. The first kappa shape index (κ1) is 20.1. The fraction of sp³-hybridized carbons (Fsp3) is 0.227. The molecule has 3 rings (SSSR count). The average Bonchev–Trinajstić information content (AvgIpc) is 3.17. The van der Waals surface area contributed by atoms with Crippen molar-refractivity contribution >= 4 is 23.3 Å². The van der Waals surface area contributed by atoms with Gasteiger partial charge in [0.25, 0.3) is 5.91 Å². The quantitative estimate of drug-likeness (QED) is 0.625. The monoisotopic (exact) mass is 392 g/mol. The van der Waals surface area contributed by atoms with Crippen LogP contribution in [0.4, 0.5) is 11.4 Å². The van der Waals surface area contributed by atoms with E-state index in [1.54, 1.807) is 23.0 Å². The highest BCUT2D eigenvalue weighted by atomic mass is 16.5. The highest BCUT2D eigenvalue weighted by molar-refractivity contribution is 5.97. The molecule has 1 heterocycles. The molecule has 0 saturated carbocycles. The van der Waals surface area contributed by atoms with Gasteiger partial charge in [0.05, 0.1) is 18.3 Å². The molecule has 0 saturated heterocycles. The lowest BCUT2D eigenvalue weighted by molar-refractivity contribution is -0.123. The summed E-state index contributed by atoms with van der Waals surface area (Å²) in [6, 6.07) is 17.2. The van der Waals surface area contributed by atoms with Gasteiger partial charge in [0.1, 0.15) is 0 Å². The van der Waals surface area contributed by atoms with Crippen LogP contribution < -0.4 is 10.2 Å². The van der Waals surface area contributed by atoms with Crippen LogP contribution in [0.1, 0.15) is 22.8 Å². The van der Waals surface area contributed by atoms with Crippen LogP contribution in [-0.4, -0.2) is 41.9 Å². The lowest BCUT2D eigenvalue weighted by Crippen LogP contribution is -2.29. The molecule has 0 radical (unpaired) electrons. The van der Waals surface area contributed by atoms with E-state index in [0.29, 0.717) is 17.8 Å². The third-order valence-electron chi connectivity index (χ3n) is 4.36. The Labute approximate surface area is 169 Å². The van der Waals surface area contributed by atoms with Crippen molar-refractivity contribution < 1.29 is 14.3 Å². The number of anilines is 2. The Bertz CT molecular complexity index is 965. The van der Waals surface area contributed by atoms with Crippen molar-refractivity contribution in [1.29, 1.82) is 0 Å². The Morgan fingerprint density at radius 1 is 1.10 bits per heavy atom. The molecule has 1 aromatic heterocycles. The standard InChI is InChI=1S/C22H24N4O3/c1-16(21(27)24-19-9-11-20(12-10-19)25(2)3)29-22(28)18-13-23-26(15-18)14-17-7-5-4-6-8-17/h4-13,15-16H,14H2,1-3H3,(H,24,27)/t16-/m0/s1. The van der Waals surface area contributed by atoms with Crippen molar-refractivity contribution in [3.63, 3.8) is 0 Å². The highest BCUT2D eigenvalue weighted by Gasteiger charge is 2.20. The molecule has 7 nitrogen and oxygen atoms in total. The molecule has 0 unspecified atom stereocenters. The predicted octanol–water partition coefficient (Wildman–Crippen LogP) is 3.18. The number of hydrogen-bond donors (Lipinski definition) is 1. The van der Waals surface area contributed by atoms with Gasteiger partial charge in [-0.25, -0.2) is 4.79 Å². The van der Waals surface area contributed by atoms with Gasteiger partial charge in [-0.2, -0.15) is 5.10 Å². The number of carbonyl (C=O) groups excluding carboxylic acids is 2. The van der Waals surface area contributed by atoms with E-state index in [-0.39, 0.29) is 0 Å². The van der Waals surface area contributed by atoms with Crippen LogP contribution in [0, 0.1) is 0 Å². The molecule has 1 atom stereocenters. The zero-order valence-electron chi connectivity index (χ0n) is 16.7. The van der Waals surface area contributed by atoms with E-state index in [4.69, 9.17) is 4.74 Å². The van der Waals surface area contributed by atoms with Crippen LogP contribution >= 0.6 is 0 Å². The maximum absolute atomic E-state index is 12.3. The summed E-state index contributed by atoms with van der Waals surface area (Å²) in [5.41, 5.74) is 3.04. The predicted molar refractivity (Wildman–Crippen MR) is 112 cm³/mol. The van der Waals surface area contributed by atoms with Gasteiger partial charge in [-0.1, -0.05) is 30.3 Å². The Morgan fingerprint density at radius 3 is 2.45 bits per heavy atom. The number of rotatable bonds is 7. The number of nitrogens with one attached hydrogen (secondary N) is 1. The second-order valence-electron chi connectivity index (χ2n) is 6.89. The molecule has 0 bridgehead atoms. The number of amides is 1. The highest BCUT2D eigenvalue weighted by Crippen LogP contribution is 2.16. The summed E-state index contributed by atoms with van der Waals surface area (Å²) in [4.78, 5) is 26.6. The number of hydrogen-bond acceptors (Lipinski definition) is 5. The maximum atomic E-state index is 12.3. The van der Waals surface area contributed by atoms with Gasteiger partial charge in [-0.05, 0) is 36.8 Å². The van der Waals surface area contributed by atoms with Crippen LogP contribution in [0.2, 0.25) is 0 Å². The summed E-state index contributed by atoms with van der Waals surface area (Å²) in [7, 11) is 3.88. The first-order valence-corrected chi connectivity index (χ1v) is 9.28.